The molecule has 0 radical (unpaired) electrons. The highest BCUT2D eigenvalue weighted by Crippen LogP contribution is 2.24. The Morgan fingerprint density at radius 1 is 1.12 bits per heavy atom. The van der Waals surface area contributed by atoms with E-state index in [4.69, 9.17) is 9.47 Å². The van der Waals surface area contributed by atoms with E-state index in [1.165, 1.54) is 19.2 Å². The van der Waals surface area contributed by atoms with Gasteiger partial charge in [-0.3, -0.25) is 4.79 Å². The summed E-state index contributed by atoms with van der Waals surface area (Å²) < 4.78 is 38.9. The molecule has 0 bridgehead atoms. The van der Waals surface area contributed by atoms with Gasteiger partial charge in [0, 0.05) is 6.54 Å². The number of aliphatic hydroxyl groups excluding tert-OH is 1. The highest BCUT2D eigenvalue weighted by atomic mass is 32.2. The Morgan fingerprint density at radius 3 is 2.50 bits per heavy atom. The van der Waals surface area contributed by atoms with Gasteiger partial charge in [0.2, 0.25) is 15.9 Å². The third-order valence-corrected chi connectivity index (χ3v) is 6.97. The number of methoxy groups -OCH3 is 1. The Morgan fingerprint density at radius 2 is 1.84 bits per heavy atom. The summed E-state index contributed by atoms with van der Waals surface area (Å²) in [6.07, 6.45) is 0.793. The van der Waals surface area contributed by atoms with Crippen LogP contribution in [0.4, 0.5) is 0 Å². The van der Waals surface area contributed by atoms with Gasteiger partial charge in [0.05, 0.1) is 43.3 Å². The molecule has 32 heavy (non-hydrogen) atoms. The molecule has 2 aromatic rings. The fourth-order valence-electron chi connectivity index (χ4n) is 3.71. The van der Waals surface area contributed by atoms with E-state index in [2.05, 4.69) is 10.0 Å². The SMILES string of the molecule is COc1ccc(S(=O)(=O)N[C@H]2CC[C@H](CC(=O)NCCc3ccccc3)O[C@H]2CO)cc1. The Kier molecular flexibility index (Phi) is 8.63. The van der Waals surface area contributed by atoms with Crippen molar-refractivity contribution in [2.24, 2.45) is 0 Å². The van der Waals surface area contributed by atoms with Crippen molar-refractivity contribution < 1.29 is 27.8 Å². The average Bonchev–Trinajstić information content (AvgIpc) is 2.80. The monoisotopic (exact) mass is 462 g/mol. The summed E-state index contributed by atoms with van der Waals surface area (Å²) in [6.45, 7) is 0.186. The second-order valence-corrected chi connectivity index (χ2v) is 9.46. The van der Waals surface area contributed by atoms with E-state index >= 15 is 0 Å². The minimum absolute atomic E-state index is 0.106. The van der Waals surface area contributed by atoms with E-state index < -0.39 is 22.2 Å². The Labute approximate surface area is 189 Å². The third kappa shape index (κ3) is 6.77. The predicted molar refractivity (Wildman–Crippen MR) is 120 cm³/mol. The van der Waals surface area contributed by atoms with E-state index in [0.717, 1.165) is 12.0 Å². The van der Waals surface area contributed by atoms with Crippen molar-refractivity contribution in [2.75, 3.05) is 20.3 Å². The number of amides is 1. The smallest absolute Gasteiger partial charge is 0.240 e. The van der Waals surface area contributed by atoms with Crippen LogP contribution in [0.3, 0.4) is 0 Å². The van der Waals surface area contributed by atoms with Crippen molar-refractivity contribution in [3.05, 3.63) is 60.2 Å². The van der Waals surface area contributed by atoms with Crippen LogP contribution >= 0.6 is 0 Å². The summed E-state index contributed by atoms with van der Waals surface area (Å²) >= 11 is 0. The molecular formula is C23H30N2O6S. The molecule has 9 heteroatoms. The molecule has 0 aromatic heterocycles. The summed E-state index contributed by atoms with van der Waals surface area (Å²) in [5.74, 6) is 0.433. The summed E-state index contributed by atoms with van der Waals surface area (Å²) in [4.78, 5) is 12.4. The number of rotatable bonds is 10. The zero-order valence-corrected chi connectivity index (χ0v) is 18.9. The maximum absolute atomic E-state index is 12.7. The first-order valence-electron chi connectivity index (χ1n) is 10.6. The molecule has 1 aliphatic rings. The molecule has 0 saturated carbocycles. The summed E-state index contributed by atoms with van der Waals surface area (Å²) in [5, 5.41) is 12.6. The van der Waals surface area contributed by atoms with E-state index in [0.29, 0.717) is 25.1 Å². The van der Waals surface area contributed by atoms with Gasteiger partial charge in [-0.15, -0.1) is 0 Å². The normalized spacial score (nSPS) is 21.1. The van der Waals surface area contributed by atoms with Crippen LogP contribution in [0.1, 0.15) is 24.8 Å². The van der Waals surface area contributed by atoms with E-state index in [-0.39, 0.29) is 29.9 Å². The van der Waals surface area contributed by atoms with Gasteiger partial charge in [-0.25, -0.2) is 13.1 Å². The zero-order chi connectivity index (χ0) is 23.0. The molecule has 3 rings (SSSR count). The first-order chi connectivity index (χ1) is 15.4. The van der Waals surface area contributed by atoms with Gasteiger partial charge >= 0.3 is 0 Å². The van der Waals surface area contributed by atoms with Gasteiger partial charge in [0.1, 0.15) is 5.75 Å². The molecule has 1 aliphatic heterocycles. The topological polar surface area (TPSA) is 114 Å². The molecule has 0 unspecified atom stereocenters. The molecule has 0 spiro atoms. The van der Waals surface area contributed by atoms with Crippen molar-refractivity contribution in [2.45, 2.75) is 48.8 Å². The molecular weight excluding hydrogens is 432 g/mol. The Balaban J connectivity index is 1.48. The average molecular weight is 463 g/mol. The minimum atomic E-state index is -3.78. The molecule has 8 nitrogen and oxygen atoms in total. The number of ether oxygens (including phenoxy) is 2. The van der Waals surface area contributed by atoms with E-state index in [9.17, 15) is 18.3 Å². The lowest BCUT2D eigenvalue weighted by Gasteiger charge is -2.35. The predicted octanol–water partition coefficient (Wildman–Crippen LogP) is 1.63. The van der Waals surface area contributed by atoms with Gasteiger partial charge in [0.15, 0.2) is 0 Å². The summed E-state index contributed by atoms with van der Waals surface area (Å²) in [6, 6.07) is 15.4. The first kappa shape index (κ1) is 24.2. The number of aliphatic hydroxyl groups is 1. The fraction of sp³-hybridized carbons (Fsp3) is 0.435. The number of sulfonamides is 1. The fourth-order valence-corrected chi connectivity index (χ4v) is 5.01. The van der Waals surface area contributed by atoms with Gasteiger partial charge in [-0.1, -0.05) is 30.3 Å². The Bertz CT molecular complexity index is 966. The van der Waals surface area contributed by atoms with Crippen molar-refractivity contribution in [3.8, 4) is 5.75 Å². The number of nitrogens with one attached hydrogen (secondary N) is 2. The molecule has 2 aromatic carbocycles. The van der Waals surface area contributed by atoms with Crippen LogP contribution in [0.25, 0.3) is 0 Å². The highest BCUT2D eigenvalue weighted by molar-refractivity contribution is 7.89. The zero-order valence-electron chi connectivity index (χ0n) is 18.1. The molecule has 3 N–H and O–H groups in total. The molecule has 1 saturated heterocycles. The van der Waals surface area contributed by atoms with Crippen LogP contribution in [0.5, 0.6) is 5.75 Å². The lowest BCUT2D eigenvalue weighted by atomic mass is 9.98. The quantitative estimate of drug-likeness (QED) is 0.495. The number of carbonyl (C=O) groups excluding carboxylic acids is 1. The van der Waals surface area contributed by atoms with Crippen molar-refractivity contribution >= 4 is 15.9 Å². The molecule has 1 heterocycles. The number of hydrogen-bond donors (Lipinski definition) is 3. The van der Waals surface area contributed by atoms with E-state index in [1.54, 1.807) is 12.1 Å². The number of hydrogen-bond acceptors (Lipinski definition) is 6. The lowest BCUT2D eigenvalue weighted by Crippen LogP contribution is -2.51. The molecule has 3 atom stereocenters. The van der Waals surface area contributed by atoms with Crippen LogP contribution in [0.15, 0.2) is 59.5 Å². The van der Waals surface area contributed by atoms with Crippen molar-refractivity contribution in [1.29, 1.82) is 0 Å². The maximum atomic E-state index is 12.7. The molecule has 1 fully saturated rings. The molecule has 1 amide bonds. The number of benzene rings is 2. The van der Waals surface area contributed by atoms with Gasteiger partial charge in [0.25, 0.3) is 0 Å². The van der Waals surface area contributed by atoms with Crippen LogP contribution in [-0.2, 0) is 26.0 Å². The Hall–Kier alpha value is -2.46. The second-order valence-electron chi connectivity index (χ2n) is 7.75. The van der Waals surface area contributed by atoms with Gasteiger partial charge in [-0.2, -0.15) is 0 Å². The molecule has 174 valence electrons. The van der Waals surface area contributed by atoms with Gasteiger partial charge in [-0.05, 0) is 49.1 Å². The van der Waals surface area contributed by atoms with Crippen LogP contribution in [0, 0.1) is 0 Å². The number of carbonyl (C=O) groups is 1. The summed E-state index contributed by atoms with van der Waals surface area (Å²) in [5.41, 5.74) is 1.15. The van der Waals surface area contributed by atoms with E-state index in [1.807, 2.05) is 30.3 Å². The lowest BCUT2D eigenvalue weighted by molar-refractivity contribution is -0.130. The maximum Gasteiger partial charge on any atom is 0.240 e. The van der Waals surface area contributed by atoms with Crippen LogP contribution in [0.2, 0.25) is 0 Å². The standard InChI is InChI=1S/C23H30N2O6S/c1-30-18-7-10-20(11-8-18)32(28,29)25-21-12-9-19(31-22(21)16-26)15-23(27)24-14-13-17-5-3-2-4-6-17/h2-8,10-11,19,21-22,25-26H,9,12-16H2,1H3,(H,24,27)/t19-,21+,22+/m1/s1. The summed E-state index contributed by atoms with van der Waals surface area (Å²) in [7, 11) is -2.28. The van der Waals surface area contributed by atoms with Crippen molar-refractivity contribution in [1.82, 2.24) is 10.0 Å². The van der Waals surface area contributed by atoms with Gasteiger partial charge < -0.3 is 19.9 Å². The molecule has 0 aliphatic carbocycles. The van der Waals surface area contributed by atoms with Crippen molar-refractivity contribution in [3.63, 3.8) is 0 Å². The highest BCUT2D eigenvalue weighted by Gasteiger charge is 2.34. The van der Waals surface area contributed by atoms with Crippen LogP contribution < -0.4 is 14.8 Å². The second kappa shape index (κ2) is 11.4. The minimum Gasteiger partial charge on any atom is -0.497 e. The third-order valence-electron chi connectivity index (χ3n) is 5.46. The van der Waals surface area contributed by atoms with Crippen LogP contribution in [-0.4, -0.2) is 57.9 Å². The first-order valence-corrected chi connectivity index (χ1v) is 12.1. The largest absolute Gasteiger partial charge is 0.497 e.